The van der Waals surface area contributed by atoms with Crippen molar-refractivity contribution in [2.75, 3.05) is 19.7 Å². The van der Waals surface area contributed by atoms with Gasteiger partial charge in [0.1, 0.15) is 30.5 Å². The molecule has 6 aromatic rings. The van der Waals surface area contributed by atoms with Crippen LogP contribution in [0.2, 0.25) is 0 Å². The van der Waals surface area contributed by atoms with Crippen molar-refractivity contribution in [1.29, 1.82) is 0 Å². The Kier molecular flexibility index (Phi) is 14.2. The van der Waals surface area contributed by atoms with Gasteiger partial charge in [-0.25, -0.2) is 0 Å². The lowest BCUT2D eigenvalue weighted by Gasteiger charge is -2.50. The Labute approximate surface area is 343 Å². The number of ether oxygens (including phenoxy) is 5. The van der Waals surface area contributed by atoms with Gasteiger partial charge in [-0.1, -0.05) is 182 Å². The topological polar surface area (TPSA) is 52.6 Å². The SMILES string of the molecule is c1ccc(COC[C@H]2O[C@@H](C3N(Cc4ccccc4)CCN3Cc3ccccc3)[C@H](OCc3ccccc3)[C@@H](OCc3ccccc3)[C@@H]2OCc2ccccc2)cc1. The molecule has 5 atom stereocenters. The first-order chi connectivity index (χ1) is 28.8. The number of hydrogen-bond donors (Lipinski definition) is 0. The summed E-state index contributed by atoms with van der Waals surface area (Å²) >= 11 is 0. The first-order valence-electron chi connectivity index (χ1n) is 20.6. The summed E-state index contributed by atoms with van der Waals surface area (Å²) in [6.07, 6.45) is -2.48. The first-order valence-corrected chi connectivity index (χ1v) is 20.6. The largest absolute Gasteiger partial charge is 0.374 e. The van der Waals surface area contributed by atoms with Gasteiger partial charge in [0.15, 0.2) is 0 Å². The van der Waals surface area contributed by atoms with Gasteiger partial charge >= 0.3 is 0 Å². The van der Waals surface area contributed by atoms with Crippen LogP contribution in [-0.2, 0) is 63.2 Å². The lowest BCUT2D eigenvalue weighted by molar-refractivity contribution is -0.288. The summed E-state index contributed by atoms with van der Waals surface area (Å²) < 4.78 is 35.3. The lowest BCUT2D eigenvalue weighted by Crippen LogP contribution is -2.67. The molecule has 2 heterocycles. The minimum atomic E-state index is -0.497. The van der Waals surface area contributed by atoms with E-state index in [1.807, 2.05) is 48.5 Å². The van der Waals surface area contributed by atoms with Crippen LogP contribution in [0, 0.1) is 0 Å². The molecule has 6 aromatic carbocycles. The van der Waals surface area contributed by atoms with Gasteiger partial charge in [0.05, 0.1) is 39.2 Å². The standard InChI is InChI=1S/C51H54N2O5/c1-7-19-40(20-8-1)33-52-31-32-53(34-41-21-9-2-10-22-41)51(52)50-49(57-38-45-29-17-6-18-30-45)48(56-37-44-27-15-5-16-28-44)47(55-36-43-25-13-4-14-26-43)46(58-50)39-54-35-42-23-11-3-12-24-42/h1-30,46-51H,31-39H2/t46-,47-,48+,49-,50-/m1/s1. The van der Waals surface area contributed by atoms with Crippen LogP contribution in [0.3, 0.4) is 0 Å². The molecule has 2 saturated heterocycles. The summed E-state index contributed by atoms with van der Waals surface area (Å²) in [5.41, 5.74) is 6.88. The molecule has 0 radical (unpaired) electrons. The maximum atomic E-state index is 7.49. The predicted molar refractivity (Wildman–Crippen MR) is 227 cm³/mol. The molecule has 0 bridgehead atoms. The van der Waals surface area contributed by atoms with Crippen LogP contribution in [0.4, 0.5) is 0 Å². The van der Waals surface area contributed by atoms with E-state index in [4.69, 9.17) is 23.7 Å². The van der Waals surface area contributed by atoms with Gasteiger partial charge in [-0.3, -0.25) is 9.80 Å². The van der Waals surface area contributed by atoms with Gasteiger partial charge in [-0.2, -0.15) is 0 Å². The quantitative estimate of drug-likeness (QED) is 0.0864. The summed E-state index contributed by atoms with van der Waals surface area (Å²) in [6.45, 7) is 5.32. The van der Waals surface area contributed by atoms with Gasteiger partial charge in [0.25, 0.3) is 0 Å². The molecule has 7 heteroatoms. The van der Waals surface area contributed by atoms with Gasteiger partial charge < -0.3 is 23.7 Å². The van der Waals surface area contributed by atoms with Crippen LogP contribution in [0.15, 0.2) is 182 Å². The highest BCUT2D eigenvalue weighted by molar-refractivity contribution is 5.20. The van der Waals surface area contributed by atoms with Gasteiger partial charge in [-0.05, 0) is 33.4 Å². The third kappa shape index (κ3) is 10.7. The molecule has 2 fully saturated rings. The van der Waals surface area contributed by atoms with Crippen LogP contribution in [0.1, 0.15) is 33.4 Å². The summed E-state index contributed by atoms with van der Waals surface area (Å²) in [4.78, 5) is 5.12. The molecular formula is C51H54N2O5. The van der Waals surface area contributed by atoms with Crippen LogP contribution >= 0.6 is 0 Å². The number of nitrogens with zero attached hydrogens (tertiary/aromatic N) is 2. The van der Waals surface area contributed by atoms with Crippen molar-refractivity contribution in [1.82, 2.24) is 9.80 Å². The van der Waals surface area contributed by atoms with Crippen LogP contribution in [-0.4, -0.2) is 66.2 Å². The Morgan fingerprint density at radius 1 is 0.397 bits per heavy atom. The molecule has 0 spiro atoms. The second kappa shape index (κ2) is 20.6. The van der Waals surface area contributed by atoms with Crippen molar-refractivity contribution >= 4 is 0 Å². The van der Waals surface area contributed by atoms with E-state index < -0.39 is 30.5 Å². The molecule has 0 aromatic heterocycles. The van der Waals surface area contributed by atoms with E-state index in [0.29, 0.717) is 33.0 Å². The molecule has 0 amide bonds. The molecule has 7 nitrogen and oxygen atoms in total. The fourth-order valence-corrected chi connectivity index (χ4v) is 8.21. The first kappa shape index (κ1) is 39.8. The van der Waals surface area contributed by atoms with E-state index in [-0.39, 0.29) is 6.17 Å². The molecule has 298 valence electrons. The zero-order chi connectivity index (χ0) is 39.2. The van der Waals surface area contributed by atoms with Gasteiger partial charge in [0.2, 0.25) is 0 Å². The second-order valence-electron chi connectivity index (χ2n) is 15.2. The highest BCUT2D eigenvalue weighted by Gasteiger charge is 2.54. The molecule has 0 aliphatic carbocycles. The van der Waals surface area contributed by atoms with Crippen molar-refractivity contribution in [2.45, 2.75) is 76.2 Å². The average Bonchev–Trinajstić information content (AvgIpc) is 3.67. The maximum Gasteiger partial charge on any atom is 0.116 e. The van der Waals surface area contributed by atoms with Gasteiger partial charge in [-0.15, -0.1) is 0 Å². The van der Waals surface area contributed by atoms with Crippen LogP contribution in [0.25, 0.3) is 0 Å². The van der Waals surface area contributed by atoms with Crippen molar-refractivity contribution in [3.8, 4) is 0 Å². The van der Waals surface area contributed by atoms with Crippen LogP contribution < -0.4 is 0 Å². The van der Waals surface area contributed by atoms with Crippen molar-refractivity contribution in [2.24, 2.45) is 0 Å². The molecule has 0 unspecified atom stereocenters. The summed E-state index contributed by atoms with van der Waals surface area (Å²) in [6, 6.07) is 62.8. The Hall–Kier alpha value is -4.96. The Balaban J connectivity index is 1.19. The van der Waals surface area contributed by atoms with Crippen LogP contribution in [0.5, 0.6) is 0 Å². The fraction of sp³-hybridized carbons (Fsp3) is 0.294. The van der Waals surface area contributed by atoms with E-state index in [0.717, 1.165) is 48.4 Å². The molecule has 0 N–H and O–H groups in total. The van der Waals surface area contributed by atoms with Gasteiger partial charge in [0, 0.05) is 26.2 Å². The van der Waals surface area contributed by atoms with E-state index in [1.165, 1.54) is 11.1 Å². The highest BCUT2D eigenvalue weighted by atomic mass is 16.6. The number of benzene rings is 6. The summed E-state index contributed by atoms with van der Waals surface area (Å²) in [5.74, 6) is 0. The van der Waals surface area contributed by atoms with Crippen molar-refractivity contribution < 1.29 is 23.7 Å². The third-order valence-electron chi connectivity index (χ3n) is 11.1. The predicted octanol–water partition coefficient (Wildman–Crippen LogP) is 9.07. The normalized spacial score (nSPS) is 21.6. The monoisotopic (exact) mass is 774 g/mol. The van der Waals surface area contributed by atoms with E-state index >= 15 is 0 Å². The third-order valence-corrected chi connectivity index (χ3v) is 11.1. The number of rotatable bonds is 18. The molecule has 8 rings (SSSR count). The van der Waals surface area contributed by atoms with Crippen molar-refractivity contribution in [3.63, 3.8) is 0 Å². The van der Waals surface area contributed by atoms with E-state index in [1.54, 1.807) is 0 Å². The zero-order valence-corrected chi connectivity index (χ0v) is 33.1. The van der Waals surface area contributed by atoms with E-state index in [2.05, 4.69) is 143 Å². The summed E-state index contributed by atoms with van der Waals surface area (Å²) in [5, 5.41) is 0. The minimum Gasteiger partial charge on any atom is -0.374 e. The fourth-order valence-electron chi connectivity index (χ4n) is 8.21. The van der Waals surface area contributed by atoms with E-state index in [9.17, 15) is 0 Å². The molecule has 0 saturated carbocycles. The molecule has 58 heavy (non-hydrogen) atoms. The zero-order valence-electron chi connectivity index (χ0n) is 33.1. The number of hydrogen-bond acceptors (Lipinski definition) is 7. The summed E-state index contributed by atoms with van der Waals surface area (Å²) in [7, 11) is 0. The molecule has 2 aliphatic rings. The molecular weight excluding hydrogens is 721 g/mol. The van der Waals surface area contributed by atoms with Crippen molar-refractivity contribution in [3.05, 3.63) is 215 Å². The smallest absolute Gasteiger partial charge is 0.116 e. The Morgan fingerprint density at radius 2 is 0.741 bits per heavy atom. The average molecular weight is 775 g/mol. The maximum absolute atomic E-state index is 7.49. The Bertz CT molecular complexity index is 1990. The second-order valence-corrected chi connectivity index (χ2v) is 15.2. The Morgan fingerprint density at radius 3 is 1.16 bits per heavy atom. The molecule has 2 aliphatic heterocycles. The highest BCUT2D eigenvalue weighted by Crippen LogP contribution is 2.37. The minimum absolute atomic E-state index is 0.129. The lowest BCUT2D eigenvalue weighted by atomic mass is 9.91.